The number of carbonyl (C=O) groups excluding carboxylic acids is 1. The summed E-state index contributed by atoms with van der Waals surface area (Å²) in [5.41, 5.74) is 2.56. The molecular weight excluding hydrogens is 254 g/mol. The lowest BCUT2D eigenvalue weighted by atomic mass is 9.76. The van der Waals surface area contributed by atoms with Gasteiger partial charge in [0.15, 0.2) is 0 Å². The van der Waals surface area contributed by atoms with Crippen LogP contribution in [0.3, 0.4) is 0 Å². The van der Waals surface area contributed by atoms with Crippen molar-refractivity contribution in [3.63, 3.8) is 0 Å². The van der Waals surface area contributed by atoms with Gasteiger partial charge in [0.05, 0.1) is 19.3 Å². The monoisotopic (exact) mass is 269 g/mol. The highest BCUT2D eigenvalue weighted by atomic mass is 16.5. The Labute approximate surface area is 117 Å². The molecule has 4 nitrogen and oxygen atoms in total. The van der Waals surface area contributed by atoms with Crippen molar-refractivity contribution in [2.75, 3.05) is 7.11 Å². The van der Waals surface area contributed by atoms with Crippen molar-refractivity contribution in [1.29, 1.82) is 0 Å². The predicted octanol–water partition coefficient (Wildman–Crippen LogP) is 3.15. The van der Waals surface area contributed by atoms with Crippen molar-refractivity contribution < 1.29 is 14.3 Å². The number of benzene rings is 1. The summed E-state index contributed by atoms with van der Waals surface area (Å²) in [4.78, 5) is 13.1. The van der Waals surface area contributed by atoms with Gasteiger partial charge in [-0.15, -0.1) is 0 Å². The zero-order valence-corrected chi connectivity index (χ0v) is 11.1. The molecule has 1 amide bonds. The van der Waals surface area contributed by atoms with E-state index in [1.165, 1.54) is 23.1 Å². The minimum Gasteiger partial charge on any atom is -0.452 e. The van der Waals surface area contributed by atoms with E-state index in [4.69, 9.17) is 9.47 Å². The predicted molar refractivity (Wildman–Crippen MR) is 72.5 cm³/mol. The first kappa shape index (κ1) is 11.7. The number of ether oxygens (including phenoxy) is 2. The second kappa shape index (κ2) is 4.21. The topological polar surface area (TPSA) is 38.8 Å². The fraction of sp³-hybridized carbons (Fsp3) is 0.312. The van der Waals surface area contributed by atoms with E-state index >= 15 is 0 Å². The number of fused-ring (bicyclic) bond motifs is 8. The van der Waals surface area contributed by atoms with Gasteiger partial charge in [-0.2, -0.15) is 0 Å². The number of nitrogens with zero attached hydrogens (tertiary/aromatic N) is 1. The lowest BCUT2D eigenvalue weighted by Gasteiger charge is -2.24. The molecule has 4 rings (SSSR count). The summed E-state index contributed by atoms with van der Waals surface area (Å²) in [5, 5.41) is 0. The molecule has 20 heavy (non-hydrogen) atoms. The van der Waals surface area contributed by atoms with Gasteiger partial charge in [-0.1, -0.05) is 36.4 Å². The smallest absolute Gasteiger partial charge is 0.417 e. The first-order valence-corrected chi connectivity index (χ1v) is 6.77. The molecule has 4 heteroatoms. The van der Waals surface area contributed by atoms with Crippen molar-refractivity contribution in [3.05, 3.63) is 59.9 Å². The number of hydrogen-bond acceptors (Lipinski definition) is 3. The van der Waals surface area contributed by atoms with Gasteiger partial charge in [-0.25, -0.2) is 4.79 Å². The zero-order chi connectivity index (χ0) is 13.7. The molecule has 102 valence electrons. The lowest BCUT2D eigenvalue weighted by Crippen LogP contribution is -2.19. The Morgan fingerprint density at radius 1 is 1.10 bits per heavy atom. The molecule has 4 unspecified atom stereocenters. The van der Waals surface area contributed by atoms with Crippen molar-refractivity contribution in [2.45, 2.75) is 12.2 Å². The second-order valence-corrected chi connectivity index (χ2v) is 5.32. The van der Waals surface area contributed by atoms with Crippen LogP contribution in [0.2, 0.25) is 0 Å². The van der Waals surface area contributed by atoms with Crippen LogP contribution < -0.4 is 0 Å². The number of hydrogen-bond donors (Lipinski definition) is 0. The van der Waals surface area contributed by atoms with Gasteiger partial charge in [-0.05, 0) is 11.1 Å². The van der Waals surface area contributed by atoms with E-state index < -0.39 is 0 Å². The number of rotatable bonds is 0. The van der Waals surface area contributed by atoms with Gasteiger partial charge < -0.3 is 9.47 Å². The molecule has 1 fully saturated rings. The molecule has 1 aromatic carbocycles. The van der Waals surface area contributed by atoms with Crippen molar-refractivity contribution in [3.8, 4) is 0 Å². The fourth-order valence-corrected chi connectivity index (χ4v) is 3.45. The minimum atomic E-state index is -0.372. The molecule has 3 heterocycles. The summed E-state index contributed by atoms with van der Waals surface area (Å²) in [6.07, 6.45) is 7.49. The average Bonchev–Trinajstić information content (AvgIpc) is 2.95. The van der Waals surface area contributed by atoms with Gasteiger partial charge in [0.25, 0.3) is 0 Å². The van der Waals surface area contributed by atoms with Crippen molar-refractivity contribution >= 4 is 6.09 Å². The summed E-state index contributed by atoms with van der Waals surface area (Å²) in [6, 6.07) is 8.37. The molecule has 3 aliphatic rings. The standard InChI is InChI=1S/C16H15NO3/c1-19-16(18)17-8-6-12-13(7-9-17)15-11-5-3-2-4-10(11)14(12)20-15/h2-9,12-15H,1H3. The Bertz CT molecular complexity index is 577. The summed E-state index contributed by atoms with van der Waals surface area (Å²) in [7, 11) is 1.39. The molecule has 0 aliphatic carbocycles. The first-order chi connectivity index (χ1) is 9.79. The molecule has 0 radical (unpaired) electrons. The highest BCUT2D eigenvalue weighted by Crippen LogP contribution is 2.58. The second-order valence-electron chi connectivity index (χ2n) is 5.32. The molecule has 0 N–H and O–H groups in total. The third-order valence-corrected chi connectivity index (χ3v) is 4.37. The molecule has 1 saturated heterocycles. The normalized spacial score (nSPS) is 32.8. The molecular formula is C16H15NO3. The van der Waals surface area contributed by atoms with E-state index in [1.807, 2.05) is 0 Å². The van der Waals surface area contributed by atoms with Crippen molar-refractivity contribution in [1.82, 2.24) is 4.90 Å². The Kier molecular flexibility index (Phi) is 2.47. The largest absolute Gasteiger partial charge is 0.452 e. The fourth-order valence-electron chi connectivity index (χ4n) is 3.45. The molecule has 0 saturated carbocycles. The minimum absolute atomic E-state index is 0.0969. The van der Waals surface area contributed by atoms with Crippen LogP contribution in [0.15, 0.2) is 48.8 Å². The lowest BCUT2D eigenvalue weighted by molar-refractivity contribution is 0.0598. The van der Waals surface area contributed by atoms with Crippen LogP contribution in [0.1, 0.15) is 23.3 Å². The van der Waals surface area contributed by atoms with Gasteiger partial charge >= 0.3 is 6.09 Å². The third kappa shape index (κ3) is 1.48. The van der Waals surface area contributed by atoms with Crippen LogP contribution in [-0.2, 0) is 9.47 Å². The summed E-state index contributed by atoms with van der Waals surface area (Å²) < 4.78 is 10.9. The third-order valence-electron chi connectivity index (χ3n) is 4.37. The molecule has 1 aromatic rings. The van der Waals surface area contributed by atoms with Crippen molar-refractivity contribution in [2.24, 2.45) is 11.8 Å². The molecule has 4 atom stereocenters. The zero-order valence-electron chi connectivity index (χ0n) is 11.1. The Morgan fingerprint density at radius 3 is 2.15 bits per heavy atom. The van der Waals surface area contributed by atoms with Crippen LogP contribution >= 0.6 is 0 Å². The van der Waals surface area contributed by atoms with Gasteiger partial charge in [0, 0.05) is 24.2 Å². The SMILES string of the molecule is COC(=O)N1C=CC2C3OC(c4ccccc43)C2C=C1. The summed E-state index contributed by atoms with van der Waals surface area (Å²) >= 11 is 0. The maximum atomic E-state index is 11.6. The maximum absolute atomic E-state index is 11.6. The maximum Gasteiger partial charge on any atom is 0.417 e. The summed E-state index contributed by atoms with van der Waals surface area (Å²) in [5.74, 6) is 0.557. The quantitative estimate of drug-likeness (QED) is 0.726. The van der Waals surface area contributed by atoms with Gasteiger partial charge in [0.1, 0.15) is 0 Å². The Balaban J connectivity index is 1.71. The van der Waals surface area contributed by atoms with E-state index in [0.717, 1.165) is 0 Å². The van der Waals surface area contributed by atoms with E-state index in [9.17, 15) is 4.79 Å². The average molecular weight is 269 g/mol. The molecule has 0 spiro atoms. The molecule has 2 bridgehead atoms. The molecule has 0 aromatic heterocycles. The number of methoxy groups -OCH3 is 1. The van der Waals surface area contributed by atoms with Gasteiger partial charge in [0.2, 0.25) is 0 Å². The van der Waals surface area contributed by atoms with Crippen LogP contribution in [0.4, 0.5) is 4.79 Å². The van der Waals surface area contributed by atoms with Crippen LogP contribution in [0, 0.1) is 11.8 Å². The number of amides is 1. The van der Waals surface area contributed by atoms with E-state index in [2.05, 4.69) is 36.4 Å². The van der Waals surface area contributed by atoms with Crippen LogP contribution in [0.5, 0.6) is 0 Å². The van der Waals surface area contributed by atoms with E-state index in [-0.39, 0.29) is 30.1 Å². The highest BCUT2D eigenvalue weighted by Gasteiger charge is 2.50. The summed E-state index contributed by atoms with van der Waals surface area (Å²) in [6.45, 7) is 0. The van der Waals surface area contributed by atoms with E-state index in [1.54, 1.807) is 12.4 Å². The highest BCUT2D eigenvalue weighted by molar-refractivity contribution is 5.70. The number of carbonyl (C=O) groups is 1. The van der Waals surface area contributed by atoms with E-state index in [0.29, 0.717) is 0 Å². The van der Waals surface area contributed by atoms with Crippen LogP contribution in [0.25, 0.3) is 0 Å². The van der Waals surface area contributed by atoms with Gasteiger partial charge in [-0.3, -0.25) is 4.90 Å². The van der Waals surface area contributed by atoms with Crippen LogP contribution in [-0.4, -0.2) is 18.1 Å². The Hall–Kier alpha value is -2.07. The first-order valence-electron chi connectivity index (χ1n) is 6.77. The Morgan fingerprint density at radius 2 is 1.65 bits per heavy atom. The molecule has 3 aliphatic heterocycles.